The van der Waals surface area contributed by atoms with Crippen LogP contribution in [0.1, 0.15) is 11.1 Å². The third-order valence-corrected chi connectivity index (χ3v) is 1.90. The lowest BCUT2D eigenvalue weighted by molar-refractivity contribution is -0.137. The number of rotatable bonds is 2. The minimum Gasteiger partial charge on any atom is -0.370 e. The van der Waals surface area contributed by atoms with Crippen molar-refractivity contribution in [1.82, 2.24) is 5.32 Å². The van der Waals surface area contributed by atoms with Gasteiger partial charge in [-0.2, -0.15) is 13.2 Å². The molecule has 0 saturated heterocycles. The van der Waals surface area contributed by atoms with Crippen LogP contribution in [0.2, 0.25) is 0 Å². The number of carbonyl (C=O) groups is 1. The number of guanidine groups is 1. The first kappa shape index (κ1) is 13.8. The van der Waals surface area contributed by atoms with Crippen molar-refractivity contribution in [2.75, 3.05) is 0 Å². The van der Waals surface area contributed by atoms with Crippen molar-refractivity contribution in [3.8, 4) is 0 Å². The third-order valence-electron chi connectivity index (χ3n) is 1.90. The summed E-state index contributed by atoms with van der Waals surface area (Å²) < 4.78 is 37.2. The molecular weight excluding hydrogens is 247 g/mol. The molecule has 0 saturated carbocycles. The van der Waals surface area contributed by atoms with Gasteiger partial charge in [0.05, 0.1) is 5.56 Å². The Morgan fingerprint density at radius 1 is 1.39 bits per heavy atom. The minimum atomic E-state index is -4.43. The maximum Gasteiger partial charge on any atom is 0.416 e. The van der Waals surface area contributed by atoms with Crippen LogP contribution >= 0.6 is 0 Å². The van der Waals surface area contributed by atoms with Crippen LogP contribution in [0.15, 0.2) is 30.3 Å². The molecule has 1 aromatic carbocycles. The van der Waals surface area contributed by atoms with Gasteiger partial charge in [0.2, 0.25) is 0 Å². The molecule has 1 rings (SSSR count). The molecule has 0 radical (unpaired) electrons. The van der Waals surface area contributed by atoms with E-state index < -0.39 is 23.6 Å². The number of nitrogens with one attached hydrogen (secondary N) is 2. The Kier molecular flexibility index (Phi) is 4.09. The van der Waals surface area contributed by atoms with Crippen LogP contribution in [-0.4, -0.2) is 11.9 Å². The maximum atomic E-state index is 12.4. The van der Waals surface area contributed by atoms with E-state index in [1.807, 2.05) is 5.32 Å². The van der Waals surface area contributed by atoms with Gasteiger partial charge in [0.15, 0.2) is 5.96 Å². The summed E-state index contributed by atoms with van der Waals surface area (Å²) in [5.41, 5.74) is 4.34. The van der Waals surface area contributed by atoms with Gasteiger partial charge in [-0.05, 0) is 23.8 Å². The Morgan fingerprint density at radius 2 is 2.06 bits per heavy atom. The molecule has 0 aromatic heterocycles. The number of hydrogen-bond acceptors (Lipinski definition) is 2. The molecule has 1 amide bonds. The zero-order valence-electron chi connectivity index (χ0n) is 9.08. The lowest BCUT2D eigenvalue weighted by Crippen LogP contribution is -2.34. The van der Waals surface area contributed by atoms with Gasteiger partial charge in [-0.15, -0.1) is 0 Å². The van der Waals surface area contributed by atoms with Crippen LogP contribution in [0.25, 0.3) is 6.08 Å². The Bertz CT molecular complexity index is 495. The Balaban J connectivity index is 2.83. The van der Waals surface area contributed by atoms with Crippen LogP contribution in [-0.2, 0) is 11.0 Å². The van der Waals surface area contributed by atoms with E-state index in [4.69, 9.17) is 11.1 Å². The SMILES string of the molecule is N=C(N)NC(=O)C=Cc1cccc(C(F)(F)F)c1. The van der Waals surface area contributed by atoms with E-state index in [1.165, 1.54) is 18.2 Å². The monoisotopic (exact) mass is 257 g/mol. The van der Waals surface area contributed by atoms with Crippen LogP contribution in [0, 0.1) is 5.41 Å². The molecule has 96 valence electrons. The van der Waals surface area contributed by atoms with Crippen LogP contribution < -0.4 is 11.1 Å². The van der Waals surface area contributed by atoms with Crippen molar-refractivity contribution >= 4 is 17.9 Å². The molecule has 4 nitrogen and oxygen atoms in total. The van der Waals surface area contributed by atoms with Crippen molar-refractivity contribution in [3.05, 3.63) is 41.5 Å². The number of carbonyl (C=O) groups excluding carboxylic acids is 1. The lowest BCUT2D eigenvalue weighted by Gasteiger charge is -2.06. The van der Waals surface area contributed by atoms with Gasteiger partial charge in [0.1, 0.15) is 0 Å². The molecule has 1 aromatic rings. The van der Waals surface area contributed by atoms with Crippen LogP contribution in [0.4, 0.5) is 13.2 Å². The molecule has 0 aliphatic rings. The first-order chi connectivity index (χ1) is 8.29. The molecule has 0 unspecified atom stereocenters. The van der Waals surface area contributed by atoms with Gasteiger partial charge < -0.3 is 5.73 Å². The number of benzene rings is 1. The average molecular weight is 257 g/mol. The van der Waals surface area contributed by atoms with E-state index >= 15 is 0 Å². The summed E-state index contributed by atoms with van der Waals surface area (Å²) >= 11 is 0. The first-order valence-electron chi connectivity index (χ1n) is 4.79. The highest BCUT2D eigenvalue weighted by Gasteiger charge is 2.30. The molecular formula is C11H10F3N3O. The minimum absolute atomic E-state index is 0.225. The zero-order valence-corrected chi connectivity index (χ0v) is 9.08. The fraction of sp³-hybridized carbons (Fsp3) is 0.0909. The number of hydrogen-bond donors (Lipinski definition) is 3. The Morgan fingerprint density at radius 3 is 2.61 bits per heavy atom. The van der Waals surface area contributed by atoms with Crippen molar-refractivity contribution in [1.29, 1.82) is 5.41 Å². The first-order valence-corrected chi connectivity index (χ1v) is 4.79. The molecule has 0 spiro atoms. The molecule has 0 fully saturated rings. The normalized spacial score (nSPS) is 11.5. The molecule has 18 heavy (non-hydrogen) atoms. The summed E-state index contributed by atoms with van der Waals surface area (Å²) in [5.74, 6) is -1.21. The molecule has 7 heteroatoms. The lowest BCUT2D eigenvalue weighted by atomic mass is 10.1. The summed E-state index contributed by atoms with van der Waals surface area (Å²) in [7, 11) is 0. The second-order valence-electron chi connectivity index (χ2n) is 3.36. The van der Waals surface area contributed by atoms with Gasteiger partial charge >= 0.3 is 6.18 Å². The maximum absolute atomic E-state index is 12.4. The van der Waals surface area contributed by atoms with Crippen LogP contribution in [0.5, 0.6) is 0 Å². The van der Waals surface area contributed by atoms with Crippen molar-refractivity contribution < 1.29 is 18.0 Å². The Hall–Kier alpha value is -2.31. The second-order valence-corrected chi connectivity index (χ2v) is 3.36. The second kappa shape index (κ2) is 5.35. The summed E-state index contributed by atoms with van der Waals surface area (Å²) in [6.45, 7) is 0. The van der Waals surface area contributed by atoms with E-state index in [0.717, 1.165) is 18.2 Å². The molecule has 0 atom stereocenters. The van der Waals surface area contributed by atoms with E-state index in [2.05, 4.69) is 0 Å². The third kappa shape index (κ3) is 4.28. The molecule has 0 aliphatic heterocycles. The van der Waals surface area contributed by atoms with Gasteiger partial charge in [-0.1, -0.05) is 12.1 Å². The fourth-order valence-corrected chi connectivity index (χ4v) is 1.16. The summed E-state index contributed by atoms with van der Waals surface area (Å²) in [5, 5.41) is 8.76. The predicted octanol–water partition coefficient (Wildman–Crippen LogP) is 1.73. The largest absolute Gasteiger partial charge is 0.416 e. The highest BCUT2D eigenvalue weighted by Crippen LogP contribution is 2.29. The van der Waals surface area contributed by atoms with Crippen LogP contribution in [0.3, 0.4) is 0 Å². The van der Waals surface area contributed by atoms with Gasteiger partial charge in [-0.25, -0.2) is 0 Å². The quantitative estimate of drug-likeness (QED) is 0.428. The zero-order chi connectivity index (χ0) is 13.8. The van der Waals surface area contributed by atoms with E-state index in [-0.39, 0.29) is 5.56 Å². The van der Waals surface area contributed by atoms with Crippen molar-refractivity contribution in [2.24, 2.45) is 5.73 Å². The smallest absolute Gasteiger partial charge is 0.370 e. The topological polar surface area (TPSA) is 79.0 Å². The fourth-order valence-electron chi connectivity index (χ4n) is 1.16. The standard InChI is InChI=1S/C11H10F3N3O/c12-11(13,14)8-3-1-2-7(6-8)4-5-9(18)17-10(15)16/h1-6H,(H4,15,16,17,18). The predicted molar refractivity (Wildman–Crippen MR) is 60.5 cm³/mol. The molecule has 0 heterocycles. The number of amides is 1. The van der Waals surface area contributed by atoms with Gasteiger partial charge in [-0.3, -0.25) is 15.5 Å². The van der Waals surface area contributed by atoms with E-state index in [1.54, 1.807) is 0 Å². The van der Waals surface area contributed by atoms with Crippen molar-refractivity contribution in [2.45, 2.75) is 6.18 Å². The number of halogens is 3. The summed E-state index contributed by atoms with van der Waals surface area (Å²) in [6, 6.07) is 4.52. The number of alkyl halides is 3. The van der Waals surface area contributed by atoms with Gasteiger partial charge in [0, 0.05) is 6.08 Å². The molecule has 0 aliphatic carbocycles. The summed E-state index contributed by atoms with van der Waals surface area (Å²) in [6.07, 6.45) is -2.23. The summed E-state index contributed by atoms with van der Waals surface area (Å²) in [4.78, 5) is 11.1. The van der Waals surface area contributed by atoms with Crippen molar-refractivity contribution in [3.63, 3.8) is 0 Å². The highest BCUT2D eigenvalue weighted by atomic mass is 19.4. The molecule has 0 bridgehead atoms. The average Bonchev–Trinajstić information content (AvgIpc) is 2.25. The number of nitrogens with two attached hydrogens (primary N) is 1. The highest BCUT2D eigenvalue weighted by molar-refractivity contribution is 6.02. The van der Waals surface area contributed by atoms with E-state index in [9.17, 15) is 18.0 Å². The molecule has 4 N–H and O–H groups in total. The van der Waals surface area contributed by atoms with Gasteiger partial charge in [0.25, 0.3) is 5.91 Å². The Labute approximate surface area is 101 Å². The van der Waals surface area contributed by atoms with E-state index in [0.29, 0.717) is 0 Å².